The number of fused-ring (bicyclic) bond motifs is 1. The molecule has 0 bridgehead atoms. The fourth-order valence-corrected chi connectivity index (χ4v) is 3.25. The summed E-state index contributed by atoms with van der Waals surface area (Å²) in [4.78, 5) is 16.9. The Balaban J connectivity index is 1.62. The summed E-state index contributed by atoms with van der Waals surface area (Å²) in [6.07, 6.45) is 0. The van der Waals surface area contributed by atoms with Crippen molar-refractivity contribution in [3.63, 3.8) is 0 Å². The summed E-state index contributed by atoms with van der Waals surface area (Å²) < 4.78 is 0. The number of benzene rings is 2. The van der Waals surface area contributed by atoms with E-state index >= 15 is 0 Å². The molecule has 0 radical (unpaired) electrons. The molecule has 1 atom stereocenters. The Morgan fingerprint density at radius 1 is 1.12 bits per heavy atom. The molecular weight excluding hydrogens is 298 g/mol. The number of carbonyl (C=O) groups is 1. The molecule has 0 saturated heterocycles. The smallest absolute Gasteiger partial charge is 0.234 e. The van der Waals surface area contributed by atoms with E-state index in [1.165, 1.54) is 11.3 Å². The van der Waals surface area contributed by atoms with Crippen molar-refractivity contribution < 1.29 is 4.79 Å². The standard InChI is InChI=1S/C20H25N3O/c1-16-13-22(2)19-11-7-6-10-18(19)14-23(16)15-20(24)21-12-17-8-4-3-5-9-17/h3-11,16H,12-15H2,1-2H3,(H,21,24)/t16-/m0/s1. The van der Waals surface area contributed by atoms with Gasteiger partial charge in [0.15, 0.2) is 0 Å². The van der Waals surface area contributed by atoms with Gasteiger partial charge in [-0.05, 0) is 24.1 Å². The van der Waals surface area contributed by atoms with E-state index in [4.69, 9.17) is 0 Å². The molecule has 2 aromatic rings. The van der Waals surface area contributed by atoms with Gasteiger partial charge in [-0.2, -0.15) is 0 Å². The summed E-state index contributed by atoms with van der Waals surface area (Å²) in [5, 5.41) is 3.03. The number of para-hydroxylation sites is 1. The zero-order valence-corrected chi connectivity index (χ0v) is 14.4. The number of amides is 1. The predicted octanol–water partition coefficient (Wildman–Crippen LogP) is 2.64. The Bertz CT molecular complexity index is 686. The zero-order chi connectivity index (χ0) is 16.9. The lowest BCUT2D eigenvalue weighted by Gasteiger charge is -2.27. The van der Waals surface area contributed by atoms with Crippen molar-refractivity contribution in [1.82, 2.24) is 10.2 Å². The summed E-state index contributed by atoms with van der Waals surface area (Å²) >= 11 is 0. The number of nitrogens with zero attached hydrogens (tertiary/aromatic N) is 2. The van der Waals surface area contributed by atoms with Crippen molar-refractivity contribution >= 4 is 11.6 Å². The monoisotopic (exact) mass is 323 g/mol. The minimum Gasteiger partial charge on any atom is -0.373 e. The highest BCUT2D eigenvalue weighted by atomic mass is 16.2. The van der Waals surface area contributed by atoms with Gasteiger partial charge in [-0.25, -0.2) is 0 Å². The van der Waals surface area contributed by atoms with Gasteiger partial charge in [-0.15, -0.1) is 0 Å². The molecule has 1 heterocycles. The van der Waals surface area contributed by atoms with Crippen LogP contribution in [0.5, 0.6) is 0 Å². The van der Waals surface area contributed by atoms with Gasteiger partial charge in [0, 0.05) is 38.4 Å². The van der Waals surface area contributed by atoms with Gasteiger partial charge >= 0.3 is 0 Å². The van der Waals surface area contributed by atoms with Gasteiger partial charge in [0.1, 0.15) is 0 Å². The average Bonchev–Trinajstić information content (AvgIpc) is 2.71. The lowest BCUT2D eigenvalue weighted by molar-refractivity contribution is -0.123. The van der Waals surface area contributed by atoms with Crippen molar-refractivity contribution in [3.8, 4) is 0 Å². The fraction of sp³-hybridized carbons (Fsp3) is 0.350. The van der Waals surface area contributed by atoms with Crippen molar-refractivity contribution in [2.45, 2.75) is 26.1 Å². The van der Waals surface area contributed by atoms with Gasteiger partial charge in [0.2, 0.25) is 5.91 Å². The first-order valence-electron chi connectivity index (χ1n) is 8.47. The molecule has 4 nitrogen and oxygen atoms in total. The summed E-state index contributed by atoms with van der Waals surface area (Å²) in [6, 6.07) is 18.8. The van der Waals surface area contributed by atoms with Crippen LogP contribution >= 0.6 is 0 Å². The summed E-state index contributed by atoms with van der Waals surface area (Å²) in [6.45, 7) is 4.92. The average molecular weight is 323 g/mol. The van der Waals surface area contributed by atoms with Crippen LogP contribution in [-0.4, -0.2) is 37.0 Å². The van der Waals surface area contributed by atoms with Crippen LogP contribution in [0.4, 0.5) is 5.69 Å². The Morgan fingerprint density at radius 3 is 2.62 bits per heavy atom. The molecule has 0 aromatic heterocycles. The molecule has 0 aliphatic carbocycles. The quantitative estimate of drug-likeness (QED) is 0.939. The van der Waals surface area contributed by atoms with Crippen molar-refractivity contribution in [2.24, 2.45) is 0 Å². The number of rotatable bonds is 4. The van der Waals surface area contributed by atoms with E-state index in [0.717, 1.165) is 18.7 Å². The fourth-order valence-electron chi connectivity index (χ4n) is 3.25. The van der Waals surface area contributed by atoms with Crippen LogP contribution in [0.25, 0.3) is 0 Å². The molecule has 24 heavy (non-hydrogen) atoms. The van der Waals surface area contributed by atoms with Crippen molar-refractivity contribution in [3.05, 3.63) is 65.7 Å². The molecule has 0 fully saturated rings. The van der Waals surface area contributed by atoms with Crippen LogP contribution in [0.1, 0.15) is 18.1 Å². The molecule has 1 aliphatic rings. The number of nitrogens with one attached hydrogen (secondary N) is 1. The molecule has 0 unspecified atom stereocenters. The van der Waals surface area contributed by atoms with E-state index in [2.05, 4.69) is 53.4 Å². The second-order valence-corrected chi connectivity index (χ2v) is 6.53. The molecule has 1 aliphatic heterocycles. The SMILES string of the molecule is C[C@H]1CN(C)c2ccccc2CN1CC(=O)NCc1ccccc1. The molecule has 2 aromatic carbocycles. The van der Waals surface area contributed by atoms with E-state index in [1.54, 1.807) is 0 Å². The van der Waals surface area contributed by atoms with Crippen LogP contribution < -0.4 is 10.2 Å². The second-order valence-electron chi connectivity index (χ2n) is 6.53. The van der Waals surface area contributed by atoms with Crippen molar-refractivity contribution in [2.75, 3.05) is 25.0 Å². The largest absolute Gasteiger partial charge is 0.373 e. The minimum absolute atomic E-state index is 0.0766. The third-order valence-corrected chi connectivity index (χ3v) is 4.62. The highest BCUT2D eigenvalue weighted by Gasteiger charge is 2.24. The lowest BCUT2D eigenvalue weighted by Crippen LogP contribution is -2.43. The Kier molecular flexibility index (Phi) is 5.16. The summed E-state index contributed by atoms with van der Waals surface area (Å²) in [7, 11) is 2.12. The molecule has 4 heteroatoms. The molecule has 0 saturated carbocycles. The lowest BCUT2D eigenvalue weighted by atomic mass is 10.1. The Labute approximate surface area is 144 Å². The summed E-state index contributed by atoms with van der Waals surface area (Å²) in [5.74, 6) is 0.0766. The van der Waals surface area contributed by atoms with E-state index < -0.39 is 0 Å². The van der Waals surface area contributed by atoms with Crippen LogP contribution in [-0.2, 0) is 17.9 Å². The number of hydrogen-bond donors (Lipinski definition) is 1. The molecule has 3 rings (SSSR count). The third-order valence-electron chi connectivity index (χ3n) is 4.62. The van der Waals surface area contributed by atoms with Crippen LogP contribution in [0, 0.1) is 0 Å². The maximum Gasteiger partial charge on any atom is 0.234 e. The first-order chi connectivity index (χ1) is 11.6. The Morgan fingerprint density at radius 2 is 1.83 bits per heavy atom. The van der Waals surface area contributed by atoms with Crippen LogP contribution in [0.15, 0.2) is 54.6 Å². The maximum atomic E-state index is 12.4. The maximum absolute atomic E-state index is 12.4. The number of hydrogen-bond acceptors (Lipinski definition) is 3. The van der Waals surface area contributed by atoms with E-state index in [1.807, 2.05) is 30.3 Å². The zero-order valence-electron chi connectivity index (χ0n) is 14.4. The van der Waals surface area contributed by atoms with E-state index in [9.17, 15) is 4.79 Å². The molecule has 0 spiro atoms. The van der Waals surface area contributed by atoms with Gasteiger partial charge in [0.05, 0.1) is 6.54 Å². The van der Waals surface area contributed by atoms with Gasteiger partial charge in [-0.3, -0.25) is 9.69 Å². The van der Waals surface area contributed by atoms with E-state index in [-0.39, 0.29) is 5.91 Å². The number of anilines is 1. The number of likely N-dealkylation sites (N-methyl/N-ethyl adjacent to an activating group) is 1. The first kappa shape index (κ1) is 16.5. The Hall–Kier alpha value is -2.33. The van der Waals surface area contributed by atoms with Gasteiger partial charge < -0.3 is 10.2 Å². The highest BCUT2D eigenvalue weighted by molar-refractivity contribution is 5.78. The van der Waals surface area contributed by atoms with Gasteiger partial charge in [-0.1, -0.05) is 48.5 Å². The molecule has 1 N–H and O–H groups in total. The topological polar surface area (TPSA) is 35.6 Å². The minimum atomic E-state index is 0.0766. The highest BCUT2D eigenvalue weighted by Crippen LogP contribution is 2.25. The van der Waals surface area contributed by atoms with Crippen LogP contribution in [0.3, 0.4) is 0 Å². The van der Waals surface area contributed by atoms with Gasteiger partial charge in [0.25, 0.3) is 0 Å². The molecule has 126 valence electrons. The molecular formula is C20H25N3O. The van der Waals surface area contributed by atoms with Crippen LogP contribution in [0.2, 0.25) is 0 Å². The summed E-state index contributed by atoms with van der Waals surface area (Å²) in [5.41, 5.74) is 3.66. The molecule has 1 amide bonds. The predicted molar refractivity (Wildman–Crippen MR) is 97.9 cm³/mol. The van der Waals surface area contributed by atoms with E-state index in [0.29, 0.717) is 19.1 Å². The third kappa shape index (κ3) is 3.95. The first-order valence-corrected chi connectivity index (χ1v) is 8.47. The number of carbonyl (C=O) groups excluding carboxylic acids is 1. The normalized spacial score (nSPS) is 17.9. The second kappa shape index (κ2) is 7.49. The van der Waals surface area contributed by atoms with Crippen molar-refractivity contribution in [1.29, 1.82) is 0 Å².